The maximum Gasteiger partial charge on any atom is 0.308 e. The summed E-state index contributed by atoms with van der Waals surface area (Å²) in [5.41, 5.74) is 0. The molecule has 0 aliphatic carbocycles. The lowest BCUT2D eigenvalue weighted by molar-refractivity contribution is -0.149. The highest BCUT2D eigenvalue weighted by molar-refractivity contribution is 6.03. The van der Waals surface area contributed by atoms with Crippen LogP contribution in [0.25, 0.3) is 0 Å². The van der Waals surface area contributed by atoms with Crippen molar-refractivity contribution in [3.05, 3.63) is 0 Å². The van der Waals surface area contributed by atoms with Gasteiger partial charge in [-0.1, -0.05) is 27.7 Å². The molecule has 1 unspecified atom stereocenters. The second kappa shape index (κ2) is 71.1. The summed E-state index contributed by atoms with van der Waals surface area (Å²) in [6, 6.07) is 0. The molecule has 0 spiro atoms. The van der Waals surface area contributed by atoms with Crippen molar-refractivity contribution in [1.82, 2.24) is 4.90 Å². The fraction of sp³-hybridized carbons (Fsp3) is 0.937. The lowest BCUT2D eigenvalue weighted by Gasteiger charge is -2.15. The lowest BCUT2D eigenvalue weighted by atomic mass is 9.94. The third kappa shape index (κ3) is 62.2. The predicted octanol–water partition coefficient (Wildman–Crippen LogP) is 2.34. The van der Waals surface area contributed by atoms with E-state index in [2.05, 4.69) is 0 Å². The molecule has 0 bridgehead atoms. The number of carbonyl (C=O) groups excluding carboxylic acids is 4. The van der Waals surface area contributed by atoms with E-state index in [-0.39, 0.29) is 67.3 Å². The Morgan fingerprint density at radius 1 is 0.304 bits per heavy atom. The summed E-state index contributed by atoms with van der Waals surface area (Å²) < 4.78 is 132. The van der Waals surface area contributed by atoms with Gasteiger partial charge in [0.05, 0.1) is 303 Å². The van der Waals surface area contributed by atoms with Gasteiger partial charge in [0, 0.05) is 38.3 Å². The molecule has 0 radical (unpaired) electrons. The van der Waals surface area contributed by atoms with Gasteiger partial charge < -0.3 is 114 Å². The van der Waals surface area contributed by atoms with E-state index in [4.69, 9.17) is 114 Å². The van der Waals surface area contributed by atoms with E-state index in [1.165, 1.54) is 4.90 Å². The zero-order chi connectivity index (χ0) is 66.4. The molecule has 29 nitrogen and oxygen atoms in total. The molecular weight excluding hydrogens is 1220 g/mol. The number of hydrogen-bond donors (Lipinski definition) is 0. The summed E-state index contributed by atoms with van der Waals surface area (Å²) in [5.74, 6) is -0.842. The average Bonchev–Trinajstić information content (AvgIpc) is 1.73. The monoisotopic (exact) mass is 1340 g/mol. The van der Waals surface area contributed by atoms with E-state index < -0.39 is 0 Å². The number of imide groups is 1. The Labute approximate surface area is 547 Å². The van der Waals surface area contributed by atoms with E-state index in [0.717, 1.165) is 0 Å². The summed E-state index contributed by atoms with van der Waals surface area (Å²) >= 11 is 0. The van der Waals surface area contributed by atoms with Crippen molar-refractivity contribution < 1.29 is 133 Å². The number of hydrogen-bond acceptors (Lipinski definition) is 28. The minimum atomic E-state index is -0.271. The Hall–Kier alpha value is -2.64. The van der Waals surface area contributed by atoms with Crippen molar-refractivity contribution in [2.24, 2.45) is 17.8 Å². The molecule has 1 rings (SSSR count). The molecule has 0 N–H and O–H groups in total. The third-order valence-corrected chi connectivity index (χ3v) is 12.6. The van der Waals surface area contributed by atoms with Crippen LogP contribution in [-0.4, -0.2) is 346 Å². The minimum absolute atomic E-state index is 0.0189. The number of nitrogens with zero attached hydrogens (tertiary/aromatic N) is 1. The molecule has 1 atom stereocenters. The quantitative estimate of drug-likeness (QED) is 0.0480. The van der Waals surface area contributed by atoms with E-state index in [1.807, 2.05) is 13.8 Å². The normalized spacial score (nSPS) is 13.5. The Balaban J connectivity index is 1.61. The van der Waals surface area contributed by atoms with Crippen LogP contribution in [0.4, 0.5) is 0 Å². The zero-order valence-corrected chi connectivity index (χ0v) is 56.4. The largest absolute Gasteiger partial charge is 0.463 e. The first-order valence-corrected chi connectivity index (χ1v) is 33.0. The predicted molar refractivity (Wildman–Crippen MR) is 333 cm³/mol. The Morgan fingerprint density at radius 2 is 0.500 bits per heavy atom. The highest BCUT2D eigenvalue weighted by Crippen LogP contribution is 2.26. The SMILES string of the molecule is CC(C)C(=O)OCCOCCOCCOCCOCCOCCOCCOCCOCCOCCOCCOCCOCCOCCOCCOCCOCCOCCOCCOCCOCCOCCOCCOCCCC(=O)CCN1C(=O)CC(C(C)C)C1=O. The van der Waals surface area contributed by atoms with Crippen molar-refractivity contribution >= 4 is 23.6 Å². The van der Waals surface area contributed by atoms with Gasteiger partial charge in [-0.05, 0) is 12.3 Å². The molecule has 0 aromatic carbocycles. The van der Waals surface area contributed by atoms with Crippen molar-refractivity contribution in [3.8, 4) is 0 Å². The molecule has 29 heteroatoms. The number of esters is 1. The van der Waals surface area contributed by atoms with Crippen LogP contribution in [0.2, 0.25) is 0 Å². The molecule has 2 amide bonds. The maximum atomic E-state index is 12.4. The molecule has 92 heavy (non-hydrogen) atoms. The van der Waals surface area contributed by atoms with E-state index in [0.29, 0.717) is 317 Å². The van der Waals surface area contributed by atoms with Gasteiger partial charge >= 0.3 is 5.97 Å². The van der Waals surface area contributed by atoms with Crippen LogP contribution < -0.4 is 0 Å². The molecule has 0 aromatic rings. The van der Waals surface area contributed by atoms with E-state index in [9.17, 15) is 19.2 Å². The zero-order valence-electron chi connectivity index (χ0n) is 56.4. The fourth-order valence-electron chi connectivity index (χ4n) is 7.51. The number of Topliss-reactive ketones (excluding diaryl/α,β-unsaturated/α-hetero) is 1. The molecule has 544 valence electrons. The molecule has 1 aliphatic heterocycles. The van der Waals surface area contributed by atoms with Crippen LogP contribution in [0.3, 0.4) is 0 Å². The van der Waals surface area contributed by atoms with Gasteiger partial charge in [0.2, 0.25) is 11.8 Å². The molecule has 1 saturated heterocycles. The summed E-state index contributed by atoms with van der Waals surface area (Å²) in [5, 5.41) is 0. The van der Waals surface area contributed by atoms with Crippen LogP contribution in [0, 0.1) is 17.8 Å². The van der Waals surface area contributed by atoms with Crippen LogP contribution in [0.1, 0.15) is 53.4 Å². The van der Waals surface area contributed by atoms with E-state index in [1.54, 1.807) is 13.8 Å². The Bertz CT molecular complexity index is 1590. The summed E-state index contributed by atoms with van der Waals surface area (Å²) in [6.45, 7) is 29.2. The highest BCUT2D eigenvalue weighted by atomic mass is 16.6. The first-order chi connectivity index (χ1) is 45.2. The van der Waals surface area contributed by atoms with Crippen molar-refractivity contribution in [3.63, 3.8) is 0 Å². The van der Waals surface area contributed by atoms with Crippen LogP contribution >= 0.6 is 0 Å². The second-order valence-electron chi connectivity index (χ2n) is 20.7. The highest BCUT2D eigenvalue weighted by Gasteiger charge is 2.39. The number of carbonyl (C=O) groups is 4. The second-order valence-corrected chi connectivity index (χ2v) is 20.7. The van der Waals surface area contributed by atoms with Gasteiger partial charge in [-0.3, -0.25) is 24.1 Å². The lowest BCUT2D eigenvalue weighted by Crippen LogP contribution is -2.33. The summed E-state index contributed by atoms with van der Waals surface area (Å²) in [7, 11) is 0. The number of likely N-dealkylation sites (tertiary alicyclic amines) is 1. The Kier molecular flexibility index (Phi) is 67.6. The number of ether oxygens (including phenoxy) is 24. The van der Waals surface area contributed by atoms with Crippen LogP contribution in [0.5, 0.6) is 0 Å². The molecular formula is C63H119NO28. The first kappa shape index (κ1) is 87.4. The van der Waals surface area contributed by atoms with Gasteiger partial charge in [0.1, 0.15) is 12.4 Å². The van der Waals surface area contributed by atoms with Gasteiger partial charge in [0.15, 0.2) is 0 Å². The van der Waals surface area contributed by atoms with Gasteiger partial charge in [-0.2, -0.15) is 0 Å². The van der Waals surface area contributed by atoms with Crippen molar-refractivity contribution in [1.29, 1.82) is 0 Å². The molecule has 1 fully saturated rings. The summed E-state index contributed by atoms with van der Waals surface area (Å²) in [4.78, 5) is 49.3. The fourth-order valence-corrected chi connectivity index (χ4v) is 7.51. The van der Waals surface area contributed by atoms with Crippen molar-refractivity contribution in [2.45, 2.75) is 53.4 Å². The molecule has 0 aromatic heterocycles. The first-order valence-electron chi connectivity index (χ1n) is 33.0. The van der Waals surface area contributed by atoms with Gasteiger partial charge in [0.25, 0.3) is 0 Å². The Morgan fingerprint density at radius 3 is 0.685 bits per heavy atom. The number of rotatable bonds is 78. The minimum Gasteiger partial charge on any atom is -0.463 e. The smallest absolute Gasteiger partial charge is 0.308 e. The molecule has 1 heterocycles. The summed E-state index contributed by atoms with van der Waals surface area (Å²) in [6.07, 6.45) is 1.36. The average molecular weight is 1340 g/mol. The van der Waals surface area contributed by atoms with Gasteiger partial charge in [-0.25, -0.2) is 0 Å². The van der Waals surface area contributed by atoms with Crippen LogP contribution in [0.15, 0.2) is 0 Å². The molecule has 0 saturated carbocycles. The maximum absolute atomic E-state index is 12.4. The molecule has 1 aliphatic rings. The van der Waals surface area contributed by atoms with Crippen molar-refractivity contribution in [2.75, 3.05) is 317 Å². The third-order valence-electron chi connectivity index (χ3n) is 12.6. The van der Waals surface area contributed by atoms with Crippen LogP contribution in [-0.2, 0) is 133 Å². The standard InChI is InChI=1S/C63H119NO28/c1-57(2)60-56-61(66)64(62(60)67)8-7-59(65)6-5-9-69-10-11-70-12-13-71-14-15-72-16-17-73-18-19-74-20-21-75-22-23-76-24-25-77-26-27-78-28-29-79-30-31-80-32-33-81-34-35-82-36-37-83-38-39-84-40-41-85-42-43-86-44-45-87-46-47-88-48-49-89-50-51-90-52-53-91-54-55-92-63(68)58(3)4/h57-58,60H,5-56H2,1-4H3. The number of amides is 2. The number of ketones is 1. The topological polar surface area (TPSA) is 293 Å². The van der Waals surface area contributed by atoms with E-state index >= 15 is 0 Å². The van der Waals surface area contributed by atoms with Gasteiger partial charge in [-0.15, -0.1) is 0 Å².